The fourth-order valence-electron chi connectivity index (χ4n) is 6.54. The summed E-state index contributed by atoms with van der Waals surface area (Å²) in [7, 11) is 0. The Labute approximate surface area is 259 Å². The van der Waals surface area contributed by atoms with E-state index in [1.54, 1.807) is 0 Å². The van der Waals surface area contributed by atoms with Crippen LogP contribution in [0.25, 0.3) is 83.6 Å². The molecule has 0 atom stereocenters. The minimum Gasteiger partial charge on any atom is -0.455 e. The molecular formula is C40H26N4O. The van der Waals surface area contributed by atoms with Gasteiger partial charge in [-0.1, -0.05) is 97.1 Å². The molecule has 0 saturated heterocycles. The van der Waals surface area contributed by atoms with Crippen LogP contribution in [-0.4, -0.2) is 19.5 Å². The summed E-state index contributed by atoms with van der Waals surface area (Å²) >= 11 is 0. The van der Waals surface area contributed by atoms with Crippen LogP contribution in [0, 0.1) is 6.92 Å². The van der Waals surface area contributed by atoms with Crippen LogP contribution in [0.15, 0.2) is 144 Å². The van der Waals surface area contributed by atoms with E-state index in [4.69, 9.17) is 19.4 Å². The number of furan rings is 1. The Morgan fingerprint density at radius 3 is 1.73 bits per heavy atom. The predicted molar refractivity (Wildman–Crippen MR) is 182 cm³/mol. The highest BCUT2D eigenvalue weighted by Crippen LogP contribution is 2.42. The third-order valence-electron chi connectivity index (χ3n) is 8.54. The van der Waals surface area contributed by atoms with E-state index in [9.17, 15) is 0 Å². The van der Waals surface area contributed by atoms with Gasteiger partial charge in [-0.05, 0) is 55.0 Å². The quantitative estimate of drug-likeness (QED) is 0.208. The number of rotatable bonds is 4. The Hall–Kier alpha value is -6.07. The standard InChI is InChI=1S/C40H26N4O/c1-25-23-28(40-42-38(26-13-5-2-6-14-26)41-39(43-40)27-15-7-3-8-16-27)24-34-35(25)31-21-22-33-36(37(31)45-34)30-19-11-12-20-32(30)44(33)29-17-9-4-10-18-29/h2-24H,1H3. The molecule has 0 aliphatic heterocycles. The molecule has 0 amide bonds. The van der Waals surface area contributed by atoms with E-state index in [2.05, 4.69) is 84.3 Å². The molecule has 0 fully saturated rings. The minimum atomic E-state index is 0.610. The lowest BCUT2D eigenvalue weighted by molar-refractivity contribution is 0.673. The molecule has 0 bridgehead atoms. The van der Waals surface area contributed by atoms with E-state index >= 15 is 0 Å². The van der Waals surface area contributed by atoms with Crippen LogP contribution < -0.4 is 0 Å². The molecule has 0 saturated carbocycles. The molecule has 0 aliphatic carbocycles. The van der Waals surface area contributed by atoms with Crippen LogP contribution in [0.2, 0.25) is 0 Å². The molecule has 9 aromatic rings. The molecule has 6 aromatic carbocycles. The number of nitrogens with zero attached hydrogens (tertiary/aromatic N) is 4. The van der Waals surface area contributed by atoms with Crippen molar-refractivity contribution in [3.05, 3.63) is 145 Å². The van der Waals surface area contributed by atoms with E-state index in [1.807, 2.05) is 66.7 Å². The van der Waals surface area contributed by atoms with Gasteiger partial charge < -0.3 is 8.98 Å². The van der Waals surface area contributed by atoms with Crippen LogP contribution >= 0.6 is 0 Å². The number of para-hydroxylation sites is 2. The molecule has 3 aromatic heterocycles. The van der Waals surface area contributed by atoms with Crippen molar-refractivity contribution in [1.82, 2.24) is 19.5 Å². The van der Waals surface area contributed by atoms with Gasteiger partial charge in [0.1, 0.15) is 11.2 Å². The predicted octanol–water partition coefficient (Wildman–Crippen LogP) is 10.2. The molecule has 0 N–H and O–H groups in total. The van der Waals surface area contributed by atoms with E-state index in [1.165, 1.54) is 0 Å². The first-order chi connectivity index (χ1) is 22.2. The second kappa shape index (κ2) is 10.00. The maximum Gasteiger partial charge on any atom is 0.164 e. The first kappa shape index (κ1) is 25.4. The summed E-state index contributed by atoms with van der Waals surface area (Å²) in [5.41, 5.74) is 8.96. The highest BCUT2D eigenvalue weighted by Gasteiger charge is 2.21. The van der Waals surface area contributed by atoms with Crippen molar-refractivity contribution in [3.63, 3.8) is 0 Å². The van der Waals surface area contributed by atoms with Crippen molar-refractivity contribution >= 4 is 43.7 Å². The monoisotopic (exact) mass is 578 g/mol. The average molecular weight is 579 g/mol. The molecule has 0 unspecified atom stereocenters. The molecule has 0 spiro atoms. The Morgan fingerprint density at radius 1 is 0.489 bits per heavy atom. The second-order valence-corrected chi connectivity index (χ2v) is 11.3. The van der Waals surface area contributed by atoms with Crippen molar-refractivity contribution in [3.8, 4) is 39.9 Å². The van der Waals surface area contributed by atoms with Gasteiger partial charge in [-0.25, -0.2) is 15.0 Å². The number of hydrogen-bond donors (Lipinski definition) is 0. The van der Waals surface area contributed by atoms with Crippen LogP contribution in [0.4, 0.5) is 0 Å². The molecule has 5 nitrogen and oxygen atoms in total. The molecule has 3 heterocycles. The third-order valence-corrected chi connectivity index (χ3v) is 8.54. The van der Waals surface area contributed by atoms with Crippen LogP contribution in [0.5, 0.6) is 0 Å². The van der Waals surface area contributed by atoms with Gasteiger partial charge in [0.05, 0.1) is 16.4 Å². The smallest absolute Gasteiger partial charge is 0.164 e. The maximum absolute atomic E-state index is 6.81. The highest BCUT2D eigenvalue weighted by molar-refractivity contribution is 6.24. The number of benzene rings is 6. The van der Waals surface area contributed by atoms with E-state index in [0.29, 0.717) is 17.5 Å². The van der Waals surface area contributed by atoms with Crippen LogP contribution in [-0.2, 0) is 0 Å². The Morgan fingerprint density at radius 2 is 1.07 bits per heavy atom. The number of aromatic nitrogens is 4. The molecule has 45 heavy (non-hydrogen) atoms. The Bertz CT molecular complexity index is 2470. The molecule has 212 valence electrons. The van der Waals surface area contributed by atoms with Gasteiger partial charge in [0.2, 0.25) is 0 Å². The van der Waals surface area contributed by atoms with Crippen LogP contribution in [0.3, 0.4) is 0 Å². The van der Waals surface area contributed by atoms with E-state index in [0.717, 1.165) is 71.7 Å². The zero-order chi connectivity index (χ0) is 29.9. The fraction of sp³-hybridized carbons (Fsp3) is 0.0250. The second-order valence-electron chi connectivity index (χ2n) is 11.3. The minimum absolute atomic E-state index is 0.610. The lowest BCUT2D eigenvalue weighted by atomic mass is 10.0. The number of aryl methyl sites for hydroxylation is 1. The average Bonchev–Trinajstić information content (AvgIpc) is 3.65. The normalized spacial score (nSPS) is 11.7. The lowest BCUT2D eigenvalue weighted by Crippen LogP contribution is -2.00. The molecule has 5 heteroatoms. The zero-order valence-corrected chi connectivity index (χ0v) is 24.5. The first-order valence-corrected chi connectivity index (χ1v) is 15.0. The third kappa shape index (κ3) is 4.05. The summed E-state index contributed by atoms with van der Waals surface area (Å²) in [6.45, 7) is 2.13. The van der Waals surface area contributed by atoms with Gasteiger partial charge in [0.15, 0.2) is 17.5 Å². The van der Waals surface area contributed by atoms with Crippen molar-refractivity contribution in [2.75, 3.05) is 0 Å². The molecular weight excluding hydrogens is 552 g/mol. The zero-order valence-electron chi connectivity index (χ0n) is 24.5. The molecule has 9 rings (SSSR count). The van der Waals surface area contributed by atoms with Gasteiger partial charge in [-0.15, -0.1) is 0 Å². The van der Waals surface area contributed by atoms with E-state index < -0.39 is 0 Å². The first-order valence-electron chi connectivity index (χ1n) is 15.0. The molecule has 0 aliphatic rings. The number of fused-ring (bicyclic) bond motifs is 7. The van der Waals surface area contributed by atoms with Crippen molar-refractivity contribution in [2.45, 2.75) is 6.92 Å². The fourth-order valence-corrected chi connectivity index (χ4v) is 6.54. The Balaban J connectivity index is 1.29. The maximum atomic E-state index is 6.81. The largest absolute Gasteiger partial charge is 0.455 e. The van der Waals surface area contributed by atoms with Gasteiger partial charge >= 0.3 is 0 Å². The summed E-state index contributed by atoms with van der Waals surface area (Å²) < 4.78 is 9.13. The van der Waals surface area contributed by atoms with Gasteiger partial charge in [-0.3, -0.25) is 0 Å². The molecule has 0 radical (unpaired) electrons. The topological polar surface area (TPSA) is 56.7 Å². The Kier molecular flexibility index (Phi) is 5.65. The summed E-state index contributed by atoms with van der Waals surface area (Å²) in [6, 6.07) is 47.8. The van der Waals surface area contributed by atoms with Crippen molar-refractivity contribution in [2.24, 2.45) is 0 Å². The van der Waals surface area contributed by atoms with E-state index in [-0.39, 0.29) is 0 Å². The van der Waals surface area contributed by atoms with Gasteiger partial charge in [0, 0.05) is 38.5 Å². The highest BCUT2D eigenvalue weighted by atomic mass is 16.3. The lowest BCUT2D eigenvalue weighted by Gasteiger charge is -2.09. The van der Waals surface area contributed by atoms with Crippen molar-refractivity contribution in [1.29, 1.82) is 0 Å². The summed E-state index contributed by atoms with van der Waals surface area (Å²) in [5.74, 6) is 1.88. The van der Waals surface area contributed by atoms with Crippen molar-refractivity contribution < 1.29 is 4.42 Å². The van der Waals surface area contributed by atoms with Gasteiger partial charge in [-0.2, -0.15) is 0 Å². The van der Waals surface area contributed by atoms with Gasteiger partial charge in [0.25, 0.3) is 0 Å². The summed E-state index contributed by atoms with van der Waals surface area (Å²) in [4.78, 5) is 14.8. The summed E-state index contributed by atoms with van der Waals surface area (Å²) in [5, 5.41) is 4.48. The van der Waals surface area contributed by atoms with Crippen LogP contribution in [0.1, 0.15) is 5.56 Å². The summed E-state index contributed by atoms with van der Waals surface area (Å²) in [6.07, 6.45) is 0. The number of hydrogen-bond acceptors (Lipinski definition) is 4. The SMILES string of the molecule is Cc1cc(-c2nc(-c3ccccc3)nc(-c3ccccc3)n2)cc2oc3c(ccc4c3c3ccccc3n4-c3ccccc3)c12.